The van der Waals surface area contributed by atoms with Crippen molar-refractivity contribution in [1.29, 1.82) is 0 Å². The molecule has 0 aliphatic rings. The van der Waals surface area contributed by atoms with Crippen molar-refractivity contribution in [2.45, 2.75) is 26.7 Å². The van der Waals surface area contributed by atoms with E-state index in [1.807, 2.05) is 26.8 Å². The molecule has 1 heterocycles. The van der Waals surface area contributed by atoms with Gasteiger partial charge in [0.25, 0.3) is 0 Å². The molecule has 17 heavy (non-hydrogen) atoms. The molecule has 0 spiro atoms. The Balaban J connectivity index is 2.97. The third-order valence-corrected chi connectivity index (χ3v) is 3.59. The molecule has 0 aliphatic heterocycles. The zero-order valence-corrected chi connectivity index (χ0v) is 12.2. The Bertz CT molecular complexity index is 646. The van der Waals surface area contributed by atoms with Gasteiger partial charge in [0.15, 0.2) is 5.43 Å². The van der Waals surface area contributed by atoms with Gasteiger partial charge in [-0.2, -0.15) is 0 Å². The van der Waals surface area contributed by atoms with Crippen molar-refractivity contribution >= 4 is 38.4 Å². The Kier molecular flexibility index (Phi) is 3.32. The van der Waals surface area contributed by atoms with Gasteiger partial charge in [-0.1, -0.05) is 41.4 Å². The van der Waals surface area contributed by atoms with Crippen molar-refractivity contribution in [1.82, 2.24) is 4.98 Å². The summed E-state index contributed by atoms with van der Waals surface area (Å²) >= 11 is 9.50. The monoisotopic (exact) mass is 313 g/mol. The van der Waals surface area contributed by atoms with E-state index < -0.39 is 0 Å². The fourth-order valence-corrected chi connectivity index (χ4v) is 3.00. The molecule has 0 aliphatic carbocycles. The molecule has 0 unspecified atom stereocenters. The average molecular weight is 315 g/mol. The van der Waals surface area contributed by atoms with E-state index in [4.69, 9.17) is 11.6 Å². The lowest BCUT2D eigenvalue weighted by atomic mass is 9.99. The molecule has 0 radical (unpaired) electrons. The Hall–Kier alpha value is -0.800. The number of aryl methyl sites for hydroxylation is 1. The van der Waals surface area contributed by atoms with Gasteiger partial charge >= 0.3 is 0 Å². The Labute approximate surface area is 113 Å². The molecule has 0 atom stereocenters. The highest BCUT2D eigenvalue weighted by atomic mass is 79.9. The van der Waals surface area contributed by atoms with Crippen LogP contribution in [-0.2, 0) is 0 Å². The van der Waals surface area contributed by atoms with Crippen molar-refractivity contribution in [3.8, 4) is 0 Å². The number of halogens is 2. The summed E-state index contributed by atoms with van der Waals surface area (Å²) in [4.78, 5) is 15.6. The predicted octanol–water partition coefficient (Wildman–Crippen LogP) is 4.38. The molecule has 2 aromatic rings. The molecular formula is C13H13BrClNO. The molecule has 0 saturated heterocycles. The minimum absolute atomic E-state index is 0.0643. The molecule has 0 amide bonds. The van der Waals surface area contributed by atoms with Crippen LogP contribution >= 0.6 is 27.5 Å². The Morgan fingerprint density at radius 3 is 2.59 bits per heavy atom. The largest absolute Gasteiger partial charge is 0.357 e. The molecule has 1 aromatic heterocycles. The maximum atomic E-state index is 12.4. The van der Waals surface area contributed by atoms with Crippen LogP contribution in [0.3, 0.4) is 0 Å². The van der Waals surface area contributed by atoms with E-state index in [2.05, 4.69) is 20.9 Å². The summed E-state index contributed by atoms with van der Waals surface area (Å²) in [6.45, 7) is 5.94. The fraction of sp³-hybridized carbons (Fsp3) is 0.308. The highest BCUT2D eigenvalue weighted by Crippen LogP contribution is 2.27. The lowest BCUT2D eigenvalue weighted by molar-refractivity contribution is 0.839. The molecule has 0 fully saturated rings. The van der Waals surface area contributed by atoms with Crippen molar-refractivity contribution in [2.75, 3.05) is 0 Å². The molecule has 0 bridgehead atoms. The molecule has 2 nitrogen and oxygen atoms in total. The summed E-state index contributed by atoms with van der Waals surface area (Å²) < 4.78 is 0.819. The van der Waals surface area contributed by atoms with Crippen LogP contribution in [0.5, 0.6) is 0 Å². The standard InChI is InChI=1S/C13H13BrClNO/c1-6(2)11-7(3)16-12-9(13(11)17)4-8(14)5-10(12)15/h4-6H,1-3H3,(H,16,17). The normalized spacial score (nSPS) is 11.4. The lowest BCUT2D eigenvalue weighted by Gasteiger charge is -2.11. The number of nitrogens with one attached hydrogen (secondary N) is 1. The topological polar surface area (TPSA) is 32.9 Å². The van der Waals surface area contributed by atoms with E-state index in [0.29, 0.717) is 15.9 Å². The fourth-order valence-electron chi connectivity index (χ4n) is 2.15. The zero-order valence-electron chi connectivity index (χ0n) is 9.90. The van der Waals surface area contributed by atoms with E-state index in [9.17, 15) is 4.79 Å². The summed E-state index contributed by atoms with van der Waals surface area (Å²) in [6.07, 6.45) is 0. The van der Waals surface area contributed by atoms with Crippen molar-refractivity contribution in [2.24, 2.45) is 0 Å². The molecule has 0 saturated carbocycles. The maximum absolute atomic E-state index is 12.4. The van der Waals surface area contributed by atoms with Crippen LogP contribution < -0.4 is 5.43 Å². The van der Waals surface area contributed by atoms with Gasteiger partial charge in [-0.15, -0.1) is 0 Å². The molecule has 4 heteroatoms. The number of rotatable bonds is 1. The summed E-state index contributed by atoms with van der Waals surface area (Å²) in [5.74, 6) is 0.195. The van der Waals surface area contributed by atoms with Crippen molar-refractivity contribution in [3.05, 3.63) is 43.1 Å². The minimum Gasteiger partial charge on any atom is -0.357 e. The maximum Gasteiger partial charge on any atom is 0.193 e. The van der Waals surface area contributed by atoms with Crippen LogP contribution in [0.4, 0.5) is 0 Å². The first kappa shape index (κ1) is 12.7. The first-order valence-corrected chi connectivity index (χ1v) is 6.60. The third kappa shape index (κ3) is 2.14. The van der Waals surface area contributed by atoms with E-state index in [1.54, 1.807) is 6.07 Å². The third-order valence-electron chi connectivity index (χ3n) is 2.84. The van der Waals surface area contributed by atoms with Crippen LogP contribution in [0, 0.1) is 6.92 Å². The number of hydrogen-bond acceptors (Lipinski definition) is 1. The number of pyridine rings is 1. The smallest absolute Gasteiger partial charge is 0.193 e. The highest BCUT2D eigenvalue weighted by molar-refractivity contribution is 9.10. The Morgan fingerprint density at radius 1 is 1.35 bits per heavy atom. The molecule has 1 N–H and O–H groups in total. The molecule has 2 rings (SSSR count). The number of fused-ring (bicyclic) bond motifs is 1. The number of aromatic amines is 1. The van der Waals surface area contributed by atoms with Crippen molar-refractivity contribution < 1.29 is 0 Å². The number of hydrogen-bond donors (Lipinski definition) is 1. The van der Waals surface area contributed by atoms with Crippen molar-refractivity contribution in [3.63, 3.8) is 0 Å². The Morgan fingerprint density at radius 2 is 2.00 bits per heavy atom. The van der Waals surface area contributed by atoms with Gasteiger partial charge < -0.3 is 4.98 Å². The van der Waals surface area contributed by atoms with Gasteiger partial charge in [0.05, 0.1) is 10.5 Å². The summed E-state index contributed by atoms with van der Waals surface area (Å²) in [5, 5.41) is 1.20. The predicted molar refractivity (Wildman–Crippen MR) is 76.1 cm³/mol. The SMILES string of the molecule is Cc1[nH]c2c(Cl)cc(Br)cc2c(=O)c1C(C)C. The van der Waals surface area contributed by atoms with Crippen LogP contribution in [0.2, 0.25) is 5.02 Å². The first-order valence-electron chi connectivity index (χ1n) is 5.43. The average Bonchev–Trinajstić information content (AvgIpc) is 2.19. The summed E-state index contributed by atoms with van der Waals surface area (Å²) in [6, 6.07) is 3.60. The van der Waals surface area contributed by atoms with E-state index in [-0.39, 0.29) is 11.3 Å². The second-order valence-corrected chi connectivity index (χ2v) is 5.78. The van der Waals surface area contributed by atoms with Crippen LogP contribution in [0.1, 0.15) is 31.0 Å². The number of aromatic nitrogens is 1. The molecule has 90 valence electrons. The quantitative estimate of drug-likeness (QED) is 0.832. The summed E-state index contributed by atoms with van der Waals surface area (Å²) in [7, 11) is 0. The lowest BCUT2D eigenvalue weighted by Crippen LogP contribution is -2.14. The van der Waals surface area contributed by atoms with Crippen LogP contribution in [0.15, 0.2) is 21.4 Å². The minimum atomic E-state index is 0.0643. The van der Waals surface area contributed by atoms with Gasteiger partial charge in [-0.05, 0) is 25.0 Å². The molecular weight excluding hydrogens is 302 g/mol. The number of H-pyrrole nitrogens is 1. The zero-order chi connectivity index (χ0) is 12.7. The van der Waals surface area contributed by atoms with E-state index >= 15 is 0 Å². The van der Waals surface area contributed by atoms with Gasteiger partial charge in [0.1, 0.15) is 0 Å². The van der Waals surface area contributed by atoms with E-state index in [0.717, 1.165) is 15.7 Å². The van der Waals surface area contributed by atoms with Crippen LogP contribution in [0.25, 0.3) is 10.9 Å². The second-order valence-electron chi connectivity index (χ2n) is 4.46. The first-order chi connectivity index (χ1) is 7.91. The van der Waals surface area contributed by atoms with Gasteiger partial charge in [-0.3, -0.25) is 4.79 Å². The molecule has 1 aromatic carbocycles. The van der Waals surface area contributed by atoms with E-state index in [1.165, 1.54) is 0 Å². The van der Waals surface area contributed by atoms with Gasteiger partial charge in [-0.25, -0.2) is 0 Å². The van der Waals surface area contributed by atoms with Crippen LogP contribution in [-0.4, -0.2) is 4.98 Å². The van der Waals surface area contributed by atoms with Gasteiger partial charge in [0, 0.05) is 21.1 Å². The number of benzene rings is 1. The second kappa shape index (κ2) is 4.46. The summed E-state index contributed by atoms with van der Waals surface area (Å²) in [5.41, 5.74) is 2.49. The highest BCUT2D eigenvalue weighted by Gasteiger charge is 2.14. The van der Waals surface area contributed by atoms with Gasteiger partial charge in [0.2, 0.25) is 0 Å².